The van der Waals surface area contributed by atoms with Crippen molar-refractivity contribution in [2.24, 2.45) is 0 Å². The molecule has 2 nitrogen and oxygen atoms in total. The van der Waals surface area contributed by atoms with Crippen LogP contribution < -0.4 is 5.32 Å². The average molecular weight is 258 g/mol. The van der Waals surface area contributed by atoms with Gasteiger partial charge in [-0.15, -0.1) is 13.2 Å². The van der Waals surface area contributed by atoms with Crippen molar-refractivity contribution in [1.29, 1.82) is 0 Å². The lowest BCUT2D eigenvalue weighted by Crippen LogP contribution is -2.23. The van der Waals surface area contributed by atoms with Gasteiger partial charge >= 0.3 is 0 Å². The van der Waals surface area contributed by atoms with Crippen molar-refractivity contribution in [2.75, 3.05) is 26.7 Å². The molecule has 0 aromatic heterocycles. The molecule has 0 aliphatic rings. The summed E-state index contributed by atoms with van der Waals surface area (Å²) in [5, 5.41) is 3.22. The Morgan fingerprint density at radius 3 is 2.21 bits per heavy atom. The van der Waals surface area contributed by atoms with E-state index in [1.165, 1.54) is 11.1 Å². The minimum Gasteiger partial charge on any atom is -0.319 e. The summed E-state index contributed by atoms with van der Waals surface area (Å²) < 4.78 is 0. The van der Waals surface area contributed by atoms with Crippen LogP contribution in [0.1, 0.15) is 24.0 Å². The lowest BCUT2D eigenvalue weighted by atomic mass is 10.00. The molecule has 1 N–H and O–H groups in total. The van der Waals surface area contributed by atoms with Crippen molar-refractivity contribution in [3.8, 4) is 0 Å². The van der Waals surface area contributed by atoms with E-state index in [1.54, 1.807) is 0 Å². The third-order valence-electron chi connectivity index (χ3n) is 3.24. The van der Waals surface area contributed by atoms with Crippen molar-refractivity contribution >= 4 is 0 Å². The van der Waals surface area contributed by atoms with Gasteiger partial charge in [-0.2, -0.15) is 0 Å². The van der Waals surface area contributed by atoms with Crippen LogP contribution in [0.3, 0.4) is 0 Å². The standard InChI is InChI=1S/C17H26N2/c1-5-11-19(12-6-2)14-16-7-9-17(10-8-16)15(3)13-18-4/h5-10,15,18H,1-2,11-14H2,3-4H3. The van der Waals surface area contributed by atoms with Gasteiger partial charge < -0.3 is 5.32 Å². The molecule has 0 heterocycles. The van der Waals surface area contributed by atoms with Crippen LogP contribution in [0.5, 0.6) is 0 Å². The Kier molecular flexibility index (Phi) is 7.16. The number of rotatable bonds is 9. The number of benzene rings is 1. The van der Waals surface area contributed by atoms with E-state index >= 15 is 0 Å². The molecule has 0 saturated heterocycles. The smallest absolute Gasteiger partial charge is 0.0240 e. The lowest BCUT2D eigenvalue weighted by molar-refractivity contribution is 0.328. The Hall–Kier alpha value is -1.38. The van der Waals surface area contributed by atoms with Gasteiger partial charge in [-0.1, -0.05) is 43.3 Å². The molecule has 0 radical (unpaired) electrons. The normalized spacial score (nSPS) is 12.4. The Morgan fingerprint density at radius 1 is 1.16 bits per heavy atom. The molecular formula is C17H26N2. The molecule has 0 aliphatic heterocycles. The molecular weight excluding hydrogens is 232 g/mol. The van der Waals surface area contributed by atoms with Crippen LogP contribution in [0.15, 0.2) is 49.6 Å². The highest BCUT2D eigenvalue weighted by Gasteiger charge is 2.06. The van der Waals surface area contributed by atoms with Crippen LogP contribution >= 0.6 is 0 Å². The van der Waals surface area contributed by atoms with Gasteiger partial charge in [0, 0.05) is 26.2 Å². The molecule has 19 heavy (non-hydrogen) atoms. The van der Waals surface area contributed by atoms with Crippen molar-refractivity contribution in [3.63, 3.8) is 0 Å². The Morgan fingerprint density at radius 2 is 1.74 bits per heavy atom. The molecule has 0 bridgehead atoms. The van der Waals surface area contributed by atoms with Gasteiger partial charge in [-0.25, -0.2) is 0 Å². The fraction of sp³-hybridized carbons (Fsp3) is 0.412. The first-order valence-corrected chi connectivity index (χ1v) is 6.88. The summed E-state index contributed by atoms with van der Waals surface area (Å²) in [5.41, 5.74) is 2.72. The van der Waals surface area contributed by atoms with Crippen LogP contribution in [0.4, 0.5) is 0 Å². The number of nitrogens with one attached hydrogen (secondary N) is 1. The van der Waals surface area contributed by atoms with Gasteiger partial charge in [0.15, 0.2) is 0 Å². The molecule has 1 unspecified atom stereocenters. The van der Waals surface area contributed by atoms with Crippen molar-refractivity contribution in [2.45, 2.75) is 19.4 Å². The van der Waals surface area contributed by atoms with E-state index in [-0.39, 0.29) is 0 Å². The Labute approximate surface area is 117 Å². The molecule has 0 saturated carbocycles. The van der Waals surface area contributed by atoms with Crippen LogP contribution in [-0.2, 0) is 6.54 Å². The molecule has 1 aromatic rings. The van der Waals surface area contributed by atoms with Gasteiger partial charge in [0.2, 0.25) is 0 Å². The second kappa shape index (κ2) is 8.68. The summed E-state index contributed by atoms with van der Waals surface area (Å²) in [5.74, 6) is 0.552. The van der Waals surface area contributed by atoms with Gasteiger partial charge in [0.05, 0.1) is 0 Å². The van der Waals surface area contributed by atoms with E-state index in [1.807, 2.05) is 19.2 Å². The summed E-state index contributed by atoms with van der Waals surface area (Å²) in [4.78, 5) is 2.31. The first-order chi connectivity index (χ1) is 9.21. The summed E-state index contributed by atoms with van der Waals surface area (Å²) in [7, 11) is 1.99. The maximum atomic E-state index is 3.80. The third kappa shape index (κ3) is 5.41. The van der Waals surface area contributed by atoms with Crippen molar-refractivity contribution in [3.05, 3.63) is 60.7 Å². The van der Waals surface area contributed by atoms with E-state index < -0.39 is 0 Å². The third-order valence-corrected chi connectivity index (χ3v) is 3.24. The minimum absolute atomic E-state index is 0.552. The monoisotopic (exact) mass is 258 g/mol. The minimum atomic E-state index is 0.552. The fourth-order valence-electron chi connectivity index (χ4n) is 2.20. The van der Waals surface area contributed by atoms with E-state index in [0.717, 1.165) is 26.2 Å². The van der Waals surface area contributed by atoms with Crippen molar-refractivity contribution in [1.82, 2.24) is 10.2 Å². The SMILES string of the molecule is C=CCN(CC=C)Cc1ccc(C(C)CNC)cc1. The largest absolute Gasteiger partial charge is 0.319 e. The quantitative estimate of drug-likeness (QED) is 0.684. The lowest BCUT2D eigenvalue weighted by Gasteiger charge is -2.19. The topological polar surface area (TPSA) is 15.3 Å². The molecule has 1 atom stereocenters. The highest BCUT2D eigenvalue weighted by Crippen LogP contribution is 2.16. The zero-order valence-electron chi connectivity index (χ0n) is 12.2. The molecule has 1 aromatic carbocycles. The Balaban J connectivity index is 2.64. The maximum Gasteiger partial charge on any atom is 0.0240 e. The highest BCUT2D eigenvalue weighted by atomic mass is 15.1. The number of likely N-dealkylation sites (N-methyl/N-ethyl adjacent to an activating group) is 1. The van der Waals surface area contributed by atoms with Crippen LogP contribution in [0.2, 0.25) is 0 Å². The first-order valence-electron chi connectivity index (χ1n) is 6.88. The van der Waals surface area contributed by atoms with Gasteiger partial charge in [-0.3, -0.25) is 4.90 Å². The van der Waals surface area contributed by atoms with Gasteiger partial charge in [0.25, 0.3) is 0 Å². The van der Waals surface area contributed by atoms with E-state index in [4.69, 9.17) is 0 Å². The van der Waals surface area contributed by atoms with Crippen molar-refractivity contribution < 1.29 is 0 Å². The van der Waals surface area contributed by atoms with Crippen LogP contribution in [0, 0.1) is 0 Å². The maximum absolute atomic E-state index is 3.80. The predicted octanol–water partition coefficient (Wildman–Crippen LogP) is 3.18. The van der Waals surface area contributed by atoms with Crippen LogP contribution in [-0.4, -0.2) is 31.6 Å². The first kappa shape index (κ1) is 15.7. The number of hydrogen-bond donors (Lipinski definition) is 1. The predicted molar refractivity (Wildman–Crippen MR) is 84.5 cm³/mol. The molecule has 2 heteroatoms. The van der Waals surface area contributed by atoms with E-state index in [0.29, 0.717) is 5.92 Å². The number of nitrogens with zero attached hydrogens (tertiary/aromatic N) is 1. The number of hydrogen-bond acceptors (Lipinski definition) is 2. The average Bonchev–Trinajstić information content (AvgIpc) is 2.40. The molecule has 0 fully saturated rings. The molecule has 104 valence electrons. The Bertz CT molecular complexity index is 371. The van der Waals surface area contributed by atoms with E-state index in [9.17, 15) is 0 Å². The summed E-state index contributed by atoms with van der Waals surface area (Å²) in [6, 6.07) is 8.91. The molecule has 1 rings (SSSR count). The fourth-order valence-corrected chi connectivity index (χ4v) is 2.20. The second-order valence-corrected chi connectivity index (χ2v) is 4.97. The van der Waals surface area contributed by atoms with E-state index in [2.05, 4.69) is 54.6 Å². The zero-order valence-corrected chi connectivity index (χ0v) is 12.2. The second-order valence-electron chi connectivity index (χ2n) is 4.97. The molecule has 0 spiro atoms. The van der Waals surface area contributed by atoms with Crippen LogP contribution in [0.25, 0.3) is 0 Å². The zero-order chi connectivity index (χ0) is 14.1. The molecule has 0 amide bonds. The highest BCUT2D eigenvalue weighted by molar-refractivity contribution is 5.25. The summed E-state index contributed by atoms with van der Waals surface area (Å²) in [6.45, 7) is 13.6. The summed E-state index contributed by atoms with van der Waals surface area (Å²) >= 11 is 0. The molecule has 0 aliphatic carbocycles. The van der Waals surface area contributed by atoms with Gasteiger partial charge in [0.1, 0.15) is 0 Å². The van der Waals surface area contributed by atoms with Gasteiger partial charge in [-0.05, 0) is 24.1 Å². The summed E-state index contributed by atoms with van der Waals surface area (Å²) in [6.07, 6.45) is 3.87.